The van der Waals surface area contributed by atoms with Gasteiger partial charge >= 0.3 is 0 Å². The molecule has 4 heteroatoms. The summed E-state index contributed by atoms with van der Waals surface area (Å²) in [4.78, 5) is 8.12. The summed E-state index contributed by atoms with van der Waals surface area (Å²) < 4.78 is 0. The molecule has 0 amide bonds. The van der Waals surface area contributed by atoms with Crippen molar-refractivity contribution in [3.63, 3.8) is 0 Å². The minimum atomic E-state index is 0.906. The highest BCUT2D eigenvalue weighted by atomic mass is 15.0. The third-order valence-electron chi connectivity index (χ3n) is 1.71. The Morgan fingerprint density at radius 1 is 1.31 bits per heavy atom. The van der Waals surface area contributed by atoms with E-state index in [0.29, 0.717) is 0 Å². The Labute approximate surface area is 78.8 Å². The fourth-order valence-electron chi connectivity index (χ4n) is 1.03. The maximum atomic E-state index is 4.09. The maximum absolute atomic E-state index is 4.09. The van der Waals surface area contributed by atoms with Crippen LogP contribution in [-0.4, -0.2) is 30.1 Å². The molecule has 0 unspecified atom stereocenters. The molecule has 1 aromatic rings. The zero-order valence-corrected chi connectivity index (χ0v) is 8.17. The molecule has 0 spiro atoms. The molecule has 0 radical (unpaired) electrons. The molecular weight excluding hydrogens is 164 g/mol. The third kappa shape index (κ3) is 3.85. The first kappa shape index (κ1) is 9.92. The van der Waals surface area contributed by atoms with Gasteiger partial charge in [-0.2, -0.15) is 0 Å². The van der Waals surface area contributed by atoms with Crippen LogP contribution in [0.3, 0.4) is 0 Å². The average molecular weight is 180 g/mol. The normalized spacial score (nSPS) is 10.0. The van der Waals surface area contributed by atoms with Crippen LogP contribution in [0.5, 0.6) is 0 Å². The molecule has 1 heterocycles. The molecule has 0 aliphatic heterocycles. The number of hydrogen-bond donors (Lipinski definition) is 2. The van der Waals surface area contributed by atoms with Gasteiger partial charge in [-0.25, -0.2) is 9.97 Å². The summed E-state index contributed by atoms with van der Waals surface area (Å²) >= 11 is 0. The second-order valence-corrected chi connectivity index (χ2v) is 2.93. The van der Waals surface area contributed by atoms with E-state index in [1.807, 2.05) is 20.0 Å². The van der Waals surface area contributed by atoms with Crippen molar-refractivity contribution in [1.82, 2.24) is 15.3 Å². The second-order valence-electron chi connectivity index (χ2n) is 2.93. The summed E-state index contributed by atoms with van der Waals surface area (Å²) in [5.74, 6) is 0.906. The third-order valence-corrected chi connectivity index (χ3v) is 1.71. The molecule has 0 bridgehead atoms. The largest absolute Gasteiger partial charge is 0.370 e. The number of aryl methyl sites for hydroxylation is 1. The zero-order valence-electron chi connectivity index (χ0n) is 8.17. The van der Waals surface area contributed by atoms with E-state index in [0.717, 1.165) is 31.0 Å². The molecule has 0 aromatic carbocycles. The number of anilines is 1. The SMILES string of the molecule is CNCCCNc1cc(C)ncn1. The first-order chi connectivity index (χ1) is 6.33. The van der Waals surface area contributed by atoms with E-state index in [1.54, 1.807) is 6.33 Å². The average Bonchev–Trinajstić information content (AvgIpc) is 2.13. The summed E-state index contributed by atoms with van der Waals surface area (Å²) in [6, 6.07) is 1.94. The quantitative estimate of drug-likeness (QED) is 0.658. The van der Waals surface area contributed by atoms with Crippen LogP contribution in [0.25, 0.3) is 0 Å². The predicted molar refractivity (Wildman–Crippen MR) is 53.8 cm³/mol. The number of hydrogen-bond acceptors (Lipinski definition) is 4. The van der Waals surface area contributed by atoms with Gasteiger partial charge in [-0.3, -0.25) is 0 Å². The van der Waals surface area contributed by atoms with E-state index in [1.165, 1.54) is 0 Å². The van der Waals surface area contributed by atoms with Crippen LogP contribution in [0.2, 0.25) is 0 Å². The summed E-state index contributed by atoms with van der Waals surface area (Å²) in [5.41, 5.74) is 0.992. The lowest BCUT2D eigenvalue weighted by molar-refractivity contribution is 0.746. The number of rotatable bonds is 5. The Kier molecular flexibility index (Phi) is 4.18. The highest BCUT2D eigenvalue weighted by Crippen LogP contribution is 2.01. The molecule has 1 aromatic heterocycles. The topological polar surface area (TPSA) is 49.8 Å². The predicted octanol–water partition coefficient (Wildman–Crippen LogP) is 0.806. The van der Waals surface area contributed by atoms with E-state index >= 15 is 0 Å². The second kappa shape index (κ2) is 5.48. The Balaban J connectivity index is 2.28. The van der Waals surface area contributed by atoms with E-state index < -0.39 is 0 Å². The summed E-state index contributed by atoms with van der Waals surface area (Å²) in [6.45, 7) is 3.93. The van der Waals surface area contributed by atoms with Crippen molar-refractivity contribution in [2.24, 2.45) is 0 Å². The van der Waals surface area contributed by atoms with Gasteiger partial charge < -0.3 is 10.6 Å². The van der Waals surface area contributed by atoms with Crippen molar-refractivity contribution in [3.05, 3.63) is 18.1 Å². The van der Waals surface area contributed by atoms with Crippen molar-refractivity contribution >= 4 is 5.82 Å². The molecule has 0 saturated heterocycles. The van der Waals surface area contributed by atoms with Crippen molar-refractivity contribution in [3.8, 4) is 0 Å². The fourth-order valence-corrected chi connectivity index (χ4v) is 1.03. The molecule has 4 nitrogen and oxygen atoms in total. The standard InChI is InChI=1S/C9H16N4/c1-8-6-9(13-7-12-8)11-5-3-4-10-2/h6-7,10H,3-5H2,1-2H3,(H,11,12,13). The molecule has 72 valence electrons. The molecule has 0 saturated carbocycles. The van der Waals surface area contributed by atoms with E-state index in [2.05, 4.69) is 20.6 Å². The highest BCUT2D eigenvalue weighted by Gasteiger charge is 1.92. The van der Waals surface area contributed by atoms with Crippen molar-refractivity contribution in [2.75, 3.05) is 25.5 Å². The first-order valence-corrected chi connectivity index (χ1v) is 4.50. The highest BCUT2D eigenvalue weighted by molar-refractivity contribution is 5.33. The molecule has 0 aliphatic rings. The molecular formula is C9H16N4. The summed E-state index contributed by atoms with van der Waals surface area (Å²) in [6.07, 6.45) is 2.68. The van der Waals surface area contributed by atoms with Crippen molar-refractivity contribution in [2.45, 2.75) is 13.3 Å². The Morgan fingerprint density at radius 3 is 2.85 bits per heavy atom. The number of nitrogens with zero attached hydrogens (tertiary/aromatic N) is 2. The molecule has 0 fully saturated rings. The lowest BCUT2D eigenvalue weighted by Gasteiger charge is -2.04. The monoisotopic (exact) mass is 180 g/mol. The fraction of sp³-hybridized carbons (Fsp3) is 0.556. The van der Waals surface area contributed by atoms with Gasteiger partial charge in [0.25, 0.3) is 0 Å². The zero-order chi connectivity index (χ0) is 9.52. The summed E-state index contributed by atoms with van der Waals surface area (Å²) in [5, 5.41) is 6.32. The minimum Gasteiger partial charge on any atom is -0.370 e. The van der Waals surface area contributed by atoms with Gasteiger partial charge in [0, 0.05) is 18.3 Å². The van der Waals surface area contributed by atoms with Gasteiger partial charge in [0.2, 0.25) is 0 Å². The molecule has 0 aliphatic carbocycles. The van der Waals surface area contributed by atoms with Gasteiger partial charge in [-0.1, -0.05) is 0 Å². The minimum absolute atomic E-state index is 0.906. The lowest BCUT2D eigenvalue weighted by Crippen LogP contribution is -2.13. The van der Waals surface area contributed by atoms with E-state index in [-0.39, 0.29) is 0 Å². The van der Waals surface area contributed by atoms with Gasteiger partial charge in [0.1, 0.15) is 12.1 Å². The van der Waals surface area contributed by atoms with Crippen LogP contribution in [0.4, 0.5) is 5.82 Å². The smallest absolute Gasteiger partial charge is 0.129 e. The van der Waals surface area contributed by atoms with Crippen LogP contribution < -0.4 is 10.6 Å². The molecule has 2 N–H and O–H groups in total. The van der Waals surface area contributed by atoms with Gasteiger partial charge in [0.05, 0.1) is 0 Å². The van der Waals surface area contributed by atoms with Crippen LogP contribution >= 0.6 is 0 Å². The van der Waals surface area contributed by atoms with E-state index in [4.69, 9.17) is 0 Å². The summed E-state index contributed by atoms with van der Waals surface area (Å²) in [7, 11) is 1.95. The van der Waals surface area contributed by atoms with Crippen LogP contribution in [-0.2, 0) is 0 Å². The van der Waals surface area contributed by atoms with Gasteiger partial charge in [-0.15, -0.1) is 0 Å². The van der Waals surface area contributed by atoms with Crippen LogP contribution in [0, 0.1) is 6.92 Å². The molecule has 1 rings (SSSR count). The van der Waals surface area contributed by atoms with E-state index in [9.17, 15) is 0 Å². The first-order valence-electron chi connectivity index (χ1n) is 4.50. The number of nitrogens with one attached hydrogen (secondary N) is 2. The van der Waals surface area contributed by atoms with Crippen molar-refractivity contribution in [1.29, 1.82) is 0 Å². The van der Waals surface area contributed by atoms with Gasteiger partial charge in [-0.05, 0) is 26.9 Å². The lowest BCUT2D eigenvalue weighted by atomic mass is 10.4. The number of aromatic nitrogens is 2. The van der Waals surface area contributed by atoms with Crippen LogP contribution in [0.1, 0.15) is 12.1 Å². The maximum Gasteiger partial charge on any atom is 0.129 e. The van der Waals surface area contributed by atoms with Gasteiger partial charge in [0.15, 0.2) is 0 Å². The van der Waals surface area contributed by atoms with Crippen LogP contribution in [0.15, 0.2) is 12.4 Å². The molecule has 13 heavy (non-hydrogen) atoms. The Bertz CT molecular complexity index is 249. The Hall–Kier alpha value is -1.16. The Morgan fingerprint density at radius 2 is 2.15 bits per heavy atom. The molecule has 0 atom stereocenters. The van der Waals surface area contributed by atoms with Crippen molar-refractivity contribution < 1.29 is 0 Å².